The number of carbonyl (C=O) groups excluding carboxylic acids is 2. The molecule has 3 atom stereocenters. The summed E-state index contributed by atoms with van der Waals surface area (Å²) >= 11 is 0. The molecule has 0 rings (SSSR count). The van der Waals surface area contributed by atoms with Gasteiger partial charge < -0.3 is 30.7 Å². The summed E-state index contributed by atoms with van der Waals surface area (Å²) in [6.45, 7) is 2.56. The fourth-order valence-electron chi connectivity index (χ4n) is 5.59. The van der Waals surface area contributed by atoms with Gasteiger partial charge >= 0.3 is 19.8 Å². The zero-order chi connectivity index (χ0) is 36.3. The molecule has 0 amide bonds. The van der Waals surface area contributed by atoms with Crippen LogP contribution in [0.5, 0.6) is 0 Å². The van der Waals surface area contributed by atoms with Crippen molar-refractivity contribution < 1.29 is 47.8 Å². The van der Waals surface area contributed by atoms with Crippen LogP contribution >= 0.6 is 7.82 Å². The Balaban J connectivity index is 0. The van der Waals surface area contributed by atoms with E-state index in [-0.39, 0.29) is 32.2 Å². The maximum atomic E-state index is 12.1. The maximum absolute atomic E-state index is 12.1. The van der Waals surface area contributed by atoms with Crippen LogP contribution < -0.4 is 6.15 Å². The molecule has 11 nitrogen and oxygen atoms in total. The minimum absolute atomic E-state index is 0. The van der Waals surface area contributed by atoms with Crippen LogP contribution in [0.1, 0.15) is 194 Å². The first kappa shape index (κ1) is 51.0. The highest BCUT2D eigenvalue weighted by Crippen LogP contribution is 2.43. The lowest BCUT2D eigenvalue weighted by Gasteiger charge is -2.17. The number of rotatable bonds is 38. The Hall–Kier alpha value is -1.07. The number of hydrogen-bond acceptors (Lipinski definition) is 10. The first-order chi connectivity index (χ1) is 23.7. The first-order valence-electron chi connectivity index (χ1n) is 20.0. The fraction of sp³-hybridized carbons (Fsp3) is 0.947. The van der Waals surface area contributed by atoms with Gasteiger partial charge in [-0.3, -0.25) is 18.6 Å². The summed E-state index contributed by atoms with van der Waals surface area (Å²) in [5.74, 6) is -0.866. The van der Waals surface area contributed by atoms with E-state index >= 15 is 0 Å². The van der Waals surface area contributed by atoms with Crippen LogP contribution in [0.4, 0.5) is 0 Å². The highest BCUT2D eigenvalue weighted by Gasteiger charge is 2.25. The molecule has 0 aliphatic rings. The molecule has 300 valence electrons. The zero-order valence-corrected chi connectivity index (χ0v) is 33.0. The summed E-state index contributed by atoms with van der Waals surface area (Å²) in [5.41, 5.74) is 0. The van der Waals surface area contributed by atoms with E-state index in [0.29, 0.717) is 0 Å². The Morgan fingerprint density at radius 2 is 0.700 bits per heavy atom. The number of unbranched alkanes of at least 4 members (excludes halogenated alkanes) is 24. The lowest BCUT2D eigenvalue weighted by molar-refractivity contribution is -0.147. The van der Waals surface area contributed by atoms with Crippen molar-refractivity contribution in [3.8, 4) is 0 Å². The summed E-state index contributed by atoms with van der Waals surface area (Å²) in [5, 5.41) is 19.9. The van der Waals surface area contributed by atoms with Gasteiger partial charge in [-0.1, -0.05) is 168 Å². The molecular formula is C38H78NO10P. The van der Waals surface area contributed by atoms with Crippen molar-refractivity contribution in [2.45, 2.75) is 206 Å². The van der Waals surface area contributed by atoms with E-state index < -0.39 is 45.2 Å². The lowest BCUT2D eigenvalue weighted by Crippen LogP contribution is -2.25. The van der Waals surface area contributed by atoms with Crippen LogP contribution in [0.25, 0.3) is 0 Å². The van der Waals surface area contributed by atoms with E-state index in [4.69, 9.17) is 18.5 Å². The topological polar surface area (TPSA) is 184 Å². The predicted octanol–water partition coefficient (Wildman–Crippen LogP) is 10.1. The van der Waals surface area contributed by atoms with Gasteiger partial charge in [-0.25, -0.2) is 4.57 Å². The number of phosphoric ester groups is 1. The molecule has 1 unspecified atom stereocenters. The van der Waals surface area contributed by atoms with Crippen molar-refractivity contribution in [3.05, 3.63) is 0 Å². The zero-order valence-electron chi connectivity index (χ0n) is 32.1. The largest absolute Gasteiger partial charge is 0.472 e. The lowest BCUT2D eigenvalue weighted by atomic mass is 10.0. The van der Waals surface area contributed by atoms with E-state index in [9.17, 15) is 29.3 Å². The SMILES string of the molecule is CCCCCCCCCCCCCCCC(=O)OC[C@@H](O)COP(=O)(O)OC[C@@H](O)COC(=O)CCCCCCCCCCCCCCC.N. The van der Waals surface area contributed by atoms with E-state index in [1.165, 1.54) is 128 Å². The van der Waals surface area contributed by atoms with Gasteiger partial charge in [0, 0.05) is 12.8 Å². The second kappa shape index (κ2) is 37.7. The molecule has 0 saturated carbocycles. The average Bonchev–Trinajstić information content (AvgIpc) is 3.08. The Morgan fingerprint density at radius 1 is 0.460 bits per heavy atom. The monoisotopic (exact) mass is 740 g/mol. The van der Waals surface area contributed by atoms with Crippen LogP contribution in [-0.2, 0) is 32.7 Å². The Morgan fingerprint density at radius 3 is 0.960 bits per heavy atom. The second-order valence-corrected chi connectivity index (χ2v) is 15.2. The number of carbonyl (C=O) groups is 2. The molecule has 0 fully saturated rings. The number of aliphatic hydroxyl groups is 2. The van der Waals surface area contributed by atoms with Crippen molar-refractivity contribution in [1.29, 1.82) is 0 Å². The van der Waals surface area contributed by atoms with E-state index in [1.54, 1.807) is 0 Å². The molecule has 50 heavy (non-hydrogen) atoms. The molecule has 0 aromatic rings. The highest BCUT2D eigenvalue weighted by molar-refractivity contribution is 7.47. The molecule has 6 N–H and O–H groups in total. The molecule has 0 aliphatic carbocycles. The molecule has 0 heterocycles. The summed E-state index contributed by atoms with van der Waals surface area (Å²) in [4.78, 5) is 33.7. The molecule has 12 heteroatoms. The van der Waals surface area contributed by atoms with Crippen molar-refractivity contribution in [1.82, 2.24) is 6.15 Å². The number of esters is 2. The standard InChI is InChI=1S/C38H75O10P.H3N/c1-3-5-7-9-11-13-15-17-19-21-23-25-27-29-37(41)45-31-35(39)33-47-49(43,44)48-34-36(40)32-46-38(42)30-28-26-24-22-20-18-16-14-12-10-8-6-4-2;/h35-36,39-40H,3-34H2,1-2H3,(H,43,44);1H3/t35-,36+;. The second-order valence-electron chi connectivity index (χ2n) is 13.7. The minimum Gasteiger partial charge on any atom is -0.463 e. The van der Waals surface area contributed by atoms with Gasteiger partial charge in [-0.15, -0.1) is 0 Å². The van der Waals surface area contributed by atoms with Gasteiger partial charge in [0.05, 0.1) is 13.2 Å². The third-order valence-corrected chi connectivity index (χ3v) is 9.65. The van der Waals surface area contributed by atoms with Crippen LogP contribution in [0, 0.1) is 0 Å². The highest BCUT2D eigenvalue weighted by atomic mass is 31.2. The average molecular weight is 740 g/mol. The first-order valence-corrected chi connectivity index (χ1v) is 21.5. The van der Waals surface area contributed by atoms with E-state index in [2.05, 4.69) is 13.8 Å². The van der Waals surface area contributed by atoms with Crippen molar-refractivity contribution in [2.75, 3.05) is 26.4 Å². The molecule has 0 saturated heterocycles. The molecule has 0 aliphatic heterocycles. The van der Waals surface area contributed by atoms with Gasteiger partial charge in [0.2, 0.25) is 0 Å². The van der Waals surface area contributed by atoms with Gasteiger partial charge in [0.15, 0.2) is 0 Å². The van der Waals surface area contributed by atoms with Gasteiger partial charge in [-0.05, 0) is 12.8 Å². The number of phosphoric acid groups is 1. The predicted molar refractivity (Wildman–Crippen MR) is 201 cm³/mol. The third-order valence-electron chi connectivity index (χ3n) is 8.70. The van der Waals surface area contributed by atoms with E-state index in [1.807, 2.05) is 0 Å². The third kappa shape index (κ3) is 38.2. The van der Waals surface area contributed by atoms with Crippen molar-refractivity contribution >= 4 is 19.8 Å². The van der Waals surface area contributed by atoms with Crippen molar-refractivity contribution in [3.63, 3.8) is 0 Å². The Bertz CT molecular complexity index is 744. The van der Waals surface area contributed by atoms with Gasteiger partial charge in [-0.2, -0.15) is 0 Å². The molecule has 0 aromatic heterocycles. The molecular weight excluding hydrogens is 661 g/mol. The summed E-state index contributed by atoms with van der Waals surface area (Å²) in [6, 6.07) is 0. The quantitative estimate of drug-likeness (QED) is 0.0268. The van der Waals surface area contributed by atoms with E-state index in [0.717, 1.165) is 38.5 Å². The summed E-state index contributed by atoms with van der Waals surface area (Å²) in [7, 11) is -4.58. The molecule has 0 bridgehead atoms. The minimum atomic E-state index is -4.58. The van der Waals surface area contributed by atoms with Crippen molar-refractivity contribution in [2.24, 2.45) is 0 Å². The molecule has 0 spiro atoms. The Kier molecular flexibility index (Phi) is 38.5. The number of hydrogen-bond donors (Lipinski definition) is 4. The molecule has 0 radical (unpaired) electrons. The van der Waals surface area contributed by atoms with Crippen LogP contribution in [0.2, 0.25) is 0 Å². The van der Waals surface area contributed by atoms with Crippen LogP contribution in [0.3, 0.4) is 0 Å². The fourth-order valence-corrected chi connectivity index (χ4v) is 6.39. The summed E-state index contributed by atoms with van der Waals surface area (Å²) < 4.78 is 31.6. The summed E-state index contributed by atoms with van der Waals surface area (Å²) in [6.07, 6.45) is 29.4. The normalized spacial score (nSPS) is 13.7. The smallest absolute Gasteiger partial charge is 0.463 e. The van der Waals surface area contributed by atoms with Crippen LogP contribution in [0.15, 0.2) is 0 Å². The van der Waals surface area contributed by atoms with Gasteiger partial charge in [0.1, 0.15) is 25.4 Å². The van der Waals surface area contributed by atoms with Crippen LogP contribution in [-0.4, -0.2) is 65.7 Å². The number of ether oxygens (including phenoxy) is 2. The number of aliphatic hydroxyl groups excluding tert-OH is 2. The molecule has 0 aromatic carbocycles. The van der Waals surface area contributed by atoms with Gasteiger partial charge in [0.25, 0.3) is 0 Å². The maximum Gasteiger partial charge on any atom is 0.472 e. The Labute approximate surface area is 305 Å².